The largest absolute Gasteiger partial charge is 0.491 e. The predicted octanol–water partition coefficient (Wildman–Crippen LogP) is 3.26. The zero-order chi connectivity index (χ0) is 28.8. The van der Waals surface area contributed by atoms with Gasteiger partial charge in [0, 0.05) is 48.2 Å². The van der Waals surface area contributed by atoms with Crippen LogP contribution >= 0.6 is 0 Å². The molecule has 3 N–H and O–H groups in total. The number of likely N-dealkylation sites (tertiary alicyclic amines) is 1. The minimum absolute atomic E-state index is 0.00407. The number of aromatic nitrogens is 3. The predicted molar refractivity (Wildman–Crippen MR) is 159 cm³/mol. The molecule has 0 amide bonds. The van der Waals surface area contributed by atoms with E-state index in [9.17, 15) is 8.42 Å². The van der Waals surface area contributed by atoms with Crippen molar-refractivity contribution in [3.05, 3.63) is 53.6 Å². The van der Waals surface area contributed by atoms with Crippen LogP contribution < -0.4 is 20.1 Å². The van der Waals surface area contributed by atoms with Crippen molar-refractivity contribution in [1.82, 2.24) is 24.6 Å². The molecule has 218 valence electrons. The summed E-state index contributed by atoms with van der Waals surface area (Å²) in [5.74, 6) is 2.07. The van der Waals surface area contributed by atoms with Gasteiger partial charge in [-0.2, -0.15) is 0 Å². The minimum Gasteiger partial charge on any atom is -0.491 e. The van der Waals surface area contributed by atoms with Gasteiger partial charge < -0.3 is 20.3 Å². The second-order valence-corrected chi connectivity index (χ2v) is 14.2. The van der Waals surface area contributed by atoms with E-state index in [1.165, 1.54) is 5.56 Å². The monoisotopic (exact) mass is 577 g/mol. The van der Waals surface area contributed by atoms with Crippen LogP contribution in [0.3, 0.4) is 0 Å². The van der Waals surface area contributed by atoms with Crippen molar-refractivity contribution >= 4 is 21.7 Å². The number of nitrogens with one attached hydrogen (secondary N) is 1. The molecule has 6 rings (SSSR count). The smallest absolute Gasteiger partial charge is 0.244 e. The number of nitrogen functional groups attached to an aromatic ring is 1. The molecule has 1 aliphatic carbocycles. The van der Waals surface area contributed by atoms with E-state index in [1.54, 1.807) is 18.6 Å². The molecule has 2 aromatic heterocycles. The van der Waals surface area contributed by atoms with Gasteiger partial charge in [0.1, 0.15) is 35.2 Å². The van der Waals surface area contributed by atoms with Crippen molar-refractivity contribution in [3.63, 3.8) is 0 Å². The summed E-state index contributed by atoms with van der Waals surface area (Å²) in [4.78, 5) is 18.1. The molecule has 4 heterocycles. The molecule has 0 unspecified atom stereocenters. The van der Waals surface area contributed by atoms with E-state index in [-0.39, 0.29) is 22.0 Å². The maximum atomic E-state index is 13.2. The third kappa shape index (κ3) is 5.89. The van der Waals surface area contributed by atoms with Crippen LogP contribution in [0, 0.1) is 11.3 Å². The highest BCUT2D eigenvalue weighted by atomic mass is 32.2. The molecule has 1 aromatic carbocycles. The fraction of sp³-hybridized carbons (Fsp3) is 0.500. The van der Waals surface area contributed by atoms with Crippen molar-refractivity contribution < 1.29 is 13.2 Å². The van der Waals surface area contributed by atoms with Gasteiger partial charge in [-0.15, -0.1) is 0 Å². The number of fused-ring (bicyclic) bond motifs is 2. The second-order valence-electron chi connectivity index (χ2n) is 12.4. The number of anilines is 2. The fourth-order valence-corrected chi connectivity index (χ4v) is 7.43. The number of pyridine rings is 1. The Morgan fingerprint density at radius 3 is 2.80 bits per heavy atom. The van der Waals surface area contributed by atoms with E-state index in [1.807, 2.05) is 19.2 Å². The van der Waals surface area contributed by atoms with Crippen LogP contribution in [0.1, 0.15) is 43.5 Å². The quantitative estimate of drug-likeness (QED) is 0.454. The number of sulfonamides is 1. The first-order valence-corrected chi connectivity index (χ1v) is 15.8. The molecule has 2 aliphatic heterocycles. The summed E-state index contributed by atoms with van der Waals surface area (Å²) in [6.07, 6.45) is 7.30. The number of benzene rings is 1. The van der Waals surface area contributed by atoms with Gasteiger partial charge in [-0.25, -0.2) is 28.1 Å². The number of aryl methyl sites for hydroxylation is 1. The van der Waals surface area contributed by atoms with Crippen LogP contribution in [0.4, 0.5) is 11.6 Å². The summed E-state index contributed by atoms with van der Waals surface area (Å²) >= 11 is 0. The van der Waals surface area contributed by atoms with Gasteiger partial charge in [0.15, 0.2) is 0 Å². The lowest BCUT2D eigenvalue weighted by Crippen LogP contribution is -2.31. The summed E-state index contributed by atoms with van der Waals surface area (Å²) in [6, 6.07) is 7.56. The lowest BCUT2D eigenvalue weighted by atomic mass is 9.76. The van der Waals surface area contributed by atoms with Gasteiger partial charge in [0.05, 0.1) is 6.54 Å². The average Bonchev–Trinajstić information content (AvgIpc) is 3.24. The first-order valence-electron chi connectivity index (χ1n) is 14.4. The van der Waals surface area contributed by atoms with Crippen molar-refractivity contribution in [2.75, 3.05) is 50.5 Å². The summed E-state index contributed by atoms with van der Waals surface area (Å²) in [7, 11) is -1.77. The van der Waals surface area contributed by atoms with E-state index in [4.69, 9.17) is 15.5 Å². The molecule has 0 bridgehead atoms. The molecular formula is C30H39N7O3S. The Hall–Kier alpha value is -3.28. The Balaban J connectivity index is 1.27. The molecular weight excluding hydrogens is 538 g/mol. The van der Waals surface area contributed by atoms with Crippen LogP contribution in [0.25, 0.3) is 11.1 Å². The molecule has 41 heavy (non-hydrogen) atoms. The molecule has 10 nitrogen and oxygen atoms in total. The minimum atomic E-state index is -3.82. The number of nitrogens with zero attached hydrogens (tertiary/aromatic N) is 5. The molecule has 1 atom stereocenters. The van der Waals surface area contributed by atoms with Gasteiger partial charge in [-0.1, -0.05) is 19.9 Å². The van der Waals surface area contributed by atoms with E-state index >= 15 is 0 Å². The van der Waals surface area contributed by atoms with Crippen LogP contribution in [0.2, 0.25) is 0 Å². The zero-order valence-electron chi connectivity index (χ0n) is 24.1. The molecule has 0 radical (unpaired) electrons. The zero-order valence-corrected chi connectivity index (χ0v) is 24.9. The first kappa shape index (κ1) is 27.9. The van der Waals surface area contributed by atoms with Gasteiger partial charge in [-0.3, -0.25) is 0 Å². The van der Waals surface area contributed by atoms with Crippen LogP contribution in [-0.4, -0.2) is 68.1 Å². The number of nitrogens with two attached hydrogens (primary N) is 1. The molecule has 11 heteroatoms. The lowest BCUT2D eigenvalue weighted by molar-refractivity contribution is 0.310. The van der Waals surface area contributed by atoms with Crippen LogP contribution in [0.5, 0.6) is 5.75 Å². The molecule has 0 saturated carbocycles. The fourth-order valence-electron chi connectivity index (χ4n) is 6.21. The van der Waals surface area contributed by atoms with Crippen molar-refractivity contribution in [2.24, 2.45) is 11.3 Å². The standard InChI is InChI=1S/C30H39N7O3S/c1-30(2)8-6-25-24(14-30)29(34-19-33-25)37-10-11-40-26-5-4-21(12-23(26)18-37)22-13-27(28(31)32-16-22)41(38,39)35-15-20-7-9-36(3)17-20/h4-5,12-13,16,19-20,35H,6-11,14-15,17-18H2,1-3H3,(H2,31,32)/t20-/m1/s1. The second kappa shape index (κ2) is 10.8. The summed E-state index contributed by atoms with van der Waals surface area (Å²) in [6.45, 7) is 8.72. The first-order chi connectivity index (χ1) is 19.6. The summed E-state index contributed by atoms with van der Waals surface area (Å²) < 4.78 is 35.4. The highest BCUT2D eigenvalue weighted by Gasteiger charge is 2.31. The molecule has 3 aromatic rings. The van der Waals surface area contributed by atoms with E-state index in [2.05, 4.69) is 44.4 Å². The Kier molecular flexibility index (Phi) is 7.37. The number of hydrogen-bond acceptors (Lipinski definition) is 9. The number of rotatable bonds is 6. The van der Waals surface area contributed by atoms with Crippen LogP contribution in [0.15, 0.2) is 41.7 Å². The van der Waals surface area contributed by atoms with E-state index < -0.39 is 10.0 Å². The van der Waals surface area contributed by atoms with E-state index in [0.717, 1.165) is 67.2 Å². The van der Waals surface area contributed by atoms with Crippen molar-refractivity contribution in [2.45, 2.75) is 51.0 Å². The summed E-state index contributed by atoms with van der Waals surface area (Å²) in [5.41, 5.74) is 11.2. The molecule has 3 aliphatic rings. The van der Waals surface area contributed by atoms with Gasteiger partial charge in [0.2, 0.25) is 10.0 Å². The highest BCUT2D eigenvalue weighted by Crippen LogP contribution is 2.39. The Bertz CT molecular complexity index is 1560. The third-order valence-corrected chi connectivity index (χ3v) is 10.1. The Morgan fingerprint density at radius 1 is 1.15 bits per heavy atom. The number of hydrogen-bond donors (Lipinski definition) is 2. The molecule has 1 fully saturated rings. The lowest BCUT2D eigenvalue weighted by Gasteiger charge is -2.33. The van der Waals surface area contributed by atoms with E-state index in [0.29, 0.717) is 31.8 Å². The van der Waals surface area contributed by atoms with Crippen molar-refractivity contribution in [1.29, 1.82) is 0 Å². The van der Waals surface area contributed by atoms with Crippen LogP contribution in [-0.2, 0) is 29.4 Å². The molecule has 1 saturated heterocycles. The summed E-state index contributed by atoms with van der Waals surface area (Å²) in [5, 5.41) is 0. The maximum Gasteiger partial charge on any atom is 0.244 e. The third-order valence-electron chi connectivity index (χ3n) is 8.60. The number of ether oxygens (including phenoxy) is 1. The molecule has 0 spiro atoms. The topological polar surface area (TPSA) is 127 Å². The normalized spacial score (nSPS) is 20.7. The van der Waals surface area contributed by atoms with Gasteiger partial charge in [0.25, 0.3) is 0 Å². The van der Waals surface area contributed by atoms with Crippen molar-refractivity contribution in [3.8, 4) is 16.9 Å². The van der Waals surface area contributed by atoms with Gasteiger partial charge in [-0.05, 0) is 74.4 Å². The SMILES string of the molecule is CN1CC[C@H](CNS(=O)(=O)c2cc(-c3ccc4c(c3)CN(c3ncnc5c3CC(C)(C)CC5)CCO4)cnc2N)C1. The average molecular weight is 578 g/mol. The highest BCUT2D eigenvalue weighted by molar-refractivity contribution is 7.89. The maximum absolute atomic E-state index is 13.2. The van der Waals surface area contributed by atoms with Gasteiger partial charge >= 0.3 is 0 Å². The Morgan fingerprint density at radius 2 is 2.00 bits per heavy atom. The Labute approximate surface area is 242 Å².